The maximum absolute atomic E-state index is 13.8. The van der Waals surface area contributed by atoms with Crippen molar-refractivity contribution in [1.29, 1.82) is 0 Å². The average Bonchev–Trinajstić information content (AvgIpc) is 2.81. The molecule has 0 aliphatic heterocycles. The predicted octanol–water partition coefficient (Wildman–Crippen LogP) is 3.05. The van der Waals surface area contributed by atoms with E-state index >= 15 is 0 Å². The minimum atomic E-state index is -0.578. The van der Waals surface area contributed by atoms with Gasteiger partial charge in [-0.05, 0) is 18.6 Å². The molecule has 0 atom stereocenters. The van der Waals surface area contributed by atoms with Crippen molar-refractivity contribution >= 4 is 28.2 Å². The Hall–Kier alpha value is -2.08. The van der Waals surface area contributed by atoms with Crippen molar-refractivity contribution in [3.63, 3.8) is 0 Å². The van der Waals surface area contributed by atoms with Gasteiger partial charge in [0, 0.05) is 12.3 Å². The lowest BCUT2D eigenvalue weighted by Crippen LogP contribution is -2.14. The van der Waals surface area contributed by atoms with Crippen LogP contribution in [0.5, 0.6) is 0 Å². The SMILES string of the molecule is CC(=O)c1csc(NC(=O)c2cccc(C)c2F)n1. The lowest BCUT2D eigenvalue weighted by atomic mass is 10.1. The van der Waals surface area contributed by atoms with Crippen molar-refractivity contribution in [2.45, 2.75) is 13.8 Å². The van der Waals surface area contributed by atoms with Gasteiger partial charge in [0.15, 0.2) is 10.9 Å². The van der Waals surface area contributed by atoms with Crippen molar-refractivity contribution in [2.24, 2.45) is 0 Å². The zero-order chi connectivity index (χ0) is 14.0. The number of nitrogens with zero attached hydrogens (tertiary/aromatic N) is 1. The Bertz CT molecular complexity index is 652. The predicted molar refractivity (Wildman–Crippen MR) is 71.2 cm³/mol. The number of anilines is 1. The van der Waals surface area contributed by atoms with Crippen LogP contribution in [0.1, 0.15) is 33.3 Å². The molecular weight excluding hydrogens is 267 g/mol. The number of carbonyl (C=O) groups is 2. The summed E-state index contributed by atoms with van der Waals surface area (Å²) in [5, 5.41) is 4.30. The Balaban J connectivity index is 2.21. The van der Waals surface area contributed by atoms with E-state index in [1.807, 2.05) is 0 Å². The van der Waals surface area contributed by atoms with Crippen LogP contribution >= 0.6 is 11.3 Å². The monoisotopic (exact) mass is 278 g/mol. The Morgan fingerprint density at radius 1 is 1.37 bits per heavy atom. The number of rotatable bonds is 3. The molecule has 4 nitrogen and oxygen atoms in total. The number of ketones is 1. The van der Waals surface area contributed by atoms with Crippen LogP contribution in [0, 0.1) is 12.7 Å². The van der Waals surface area contributed by atoms with Gasteiger partial charge in [0.1, 0.15) is 11.5 Å². The molecule has 0 unspecified atom stereocenters. The van der Waals surface area contributed by atoms with Crippen LogP contribution in [-0.2, 0) is 0 Å². The molecule has 0 fully saturated rings. The van der Waals surface area contributed by atoms with Crippen molar-refractivity contribution in [3.8, 4) is 0 Å². The molecule has 2 aromatic rings. The lowest BCUT2D eigenvalue weighted by Gasteiger charge is -2.04. The molecule has 0 bridgehead atoms. The fraction of sp³-hybridized carbons (Fsp3) is 0.154. The van der Waals surface area contributed by atoms with Crippen LogP contribution in [0.4, 0.5) is 9.52 Å². The normalized spacial score (nSPS) is 10.3. The molecule has 0 saturated heterocycles. The first-order valence-corrected chi connectivity index (χ1v) is 6.40. The van der Waals surface area contributed by atoms with Crippen LogP contribution in [0.3, 0.4) is 0 Å². The lowest BCUT2D eigenvalue weighted by molar-refractivity contribution is 0.100. The summed E-state index contributed by atoms with van der Waals surface area (Å²) in [4.78, 5) is 26.9. The molecule has 1 aromatic heterocycles. The van der Waals surface area contributed by atoms with Gasteiger partial charge in [0.25, 0.3) is 5.91 Å². The summed E-state index contributed by atoms with van der Waals surface area (Å²) >= 11 is 1.12. The van der Waals surface area contributed by atoms with Crippen molar-refractivity contribution in [2.75, 3.05) is 5.32 Å². The minimum Gasteiger partial charge on any atom is -0.298 e. The topological polar surface area (TPSA) is 59.1 Å². The molecule has 1 aromatic carbocycles. The van der Waals surface area contributed by atoms with Crippen LogP contribution in [0.15, 0.2) is 23.6 Å². The number of thiazole rings is 1. The molecular formula is C13H11FN2O2S. The summed E-state index contributed by atoms with van der Waals surface area (Å²) in [6.07, 6.45) is 0. The van der Waals surface area contributed by atoms with E-state index < -0.39 is 11.7 Å². The number of hydrogen-bond acceptors (Lipinski definition) is 4. The second kappa shape index (κ2) is 5.27. The highest BCUT2D eigenvalue weighted by Crippen LogP contribution is 2.18. The average molecular weight is 278 g/mol. The summed E-state index contributed by atoms with van der Waals surface area (Å²) < 4.78 is 13.8. The first-order chi connectivity index (χ1) is 8.99. The van der Waals surface area contributed by atoms with E-state index in [4.69, 9.17) is 0 Å². The van der Waals surface area contributed by atoms with Crippen LogP contribution in [0.2, 0.25) is 0 Å². The third-order valence-electron chi connectivity index (χ3n) is 2.52. The second-order valence-electron chi connectivity index (χ2n) is 3.98. The molecule has 1 amide bonds. The fourth-order valence-corrected chi connectivity index (χ4v) is 2.22. The number of halogens is 1. The maximum atomic E-state index is 13.8. The Morgan fingerprint density at radius 3 is 2.74 bits per heavy atom. The number of nitrogens with one attached hydrogen (secondary N) is 1. The molecule has 0 aliphatic carbocycles. The number of hydrogen-bond donors (Lipinski definition) is 1. The quantitative estimate of drug-likeness (QED) is 0.878. The highest BCUT2D eigenvalue weighted by atomic mass is 32.1. The summed E-state index contributed by atoms with van der Waals surface area (Å²) in [7, 11) is 0. The van der Waals surface area contributed by atoms with Crippen molar-refractivity contribution < 1.29 is 14.0 Å². The summed E-state index contributed by atoms with van der Waals surface area (Å²) in [6.45, 7) is 2.98. The number of aromatic nitrogens is 1. The third-order valence-corrected chi connectivity index (χ3v) is 3.28. The van der Waals surface area contributed by atoms with Gasteiger partial charge in [-0.3, -0.25) is 14.9 Å². The van der Waals surface area contributed by atoms with Gasteiger partial charge in [-0.2, -0.15) is 0 Å². The fourth-order valence-electron chi connectivity index (χ4n) is 1.48. The summed E-state index contributed by atoms with van der Waals surface area (Å²) in [6, 6.07) is 4.59. The Morgan fingerprint density at radius 2 is 2.11 bits per heavy atom. The second-order valence-corrected chi connectivity index (χ2v) is 4.84. The van der Waals surface area contributed by atoms with Gasteiger partial charge in [0.05, 0.1) is 5.56 Å². The standard InChI is InChI=1S/C13H11FN2O2S/c1-7-4-3-5-9(11(7)14)12(18)16-13-15-10(6-19-13)8(2)17/h3-6H,1-2H3,(H,15,16,18). The molecule has 1 heterocycles. The van der Waals surface area contributed by atoms with E-state index in [0.717, 1.165) is 11.3 Å². The minimum absolute atomic E-state index is 0.0421. The molecule has 19 heavy (non-hydrogen) atoms. The van der Waals surface area contributed by atoms with Crippen molar-refractivity contribution in [3.05, 3.63) is 46.2 Å². The molecule has 0 aliphatic rings. The zero-order valence-corrected chi connectivity index (χ0v) is 11.2. The number of carbonyl (C=O) groups excluding carboxylic acids is 2. The highest BCUT2D eigenvalue weighted by molar-refractivity contribution is 7.14. The van der Waals surface area contributed by atoms with Gasteiger partial charge in [-0.25, -0.2) is 9.37 Å². The first-order valence-electron chi connectivity index (χ1n) is 5.52. The molecule has 6 heteroatoms. The smallest absolute Gasteiger partial charge is 0.260 e. The Kier molecular flexibility index (Phi) is 3.71. The van der Waals surface area contributed by atoms with Gasteiger partial charge in [0.2, 0.25) is 0 Å². The largest absolute Gasteiger partial charge is 0.298 e. The first kappa shape index (κ1) is 13.4. The van der Waals surface area contributed by atoms with Crippen molar-refractivity contribution in [1.82, 2.24) is 4.98 Å². The maximum Gasteiger partial charge on any atom is 0.260 e. The number of amides is 1. The molecule has 0 spiro atoms. The van der Waals surface area contributed by atoms with Gasteiger partial charge in [-0.15, -0.1) is 11.3 Å². The van der Waals surface area contributed by atoms with E-state index in [1.165, 1.54) is 13.0 Å². The highest BCUT2D eigenvalue weighted by Gasteiger charge is 2.15. The molecule has 0 radical (unpaired) electrons. The van der Waals surface area contributed by atoms with Crippen LogP contribution < -0.4 is 5.32 Å². The van der Waals surface area contributed by atoms with Crippen LogP contribution in [0.25, 0.3) is 0 Å². The van der Waals surface area contributed by atoms with E-state index in [-0.39, 0.29) is 22.2 Å². The number of Topliss-reactive ketones (excluding diaryl/α,β-unsaturated/α-hetero) is 1. The molecule has 98 valence electrons. The van der Waals surface area contributed by atoms with E-state index in [0.29, 0.717) is 5.56 Å². The van der Waals surface area contributed by atoms with E-state index in [1.54, 1.807) is 24.4 Å². The van der Waals surface area contributed by atoms with Gasteiger partial charge >= 0.3 is 0 Å². The van der Waals surface area contributed by atoms with E-state index in [9.17, 15) is 14.0 Å². The van der Waals surface area contributed by atoms with Crippen LogP contribution in [-0.4, -0.2) is 16.7 Å². The molecule has 1 N–H and O–H groups in total. The molecule has 2 rings (SSSR count). The third kappa shape index (κ3) is 2.85. The summed E-state index contributed by atoms with van der Waals surface area (Å²) in [5.74, 6) is -1.31. The molecule has 0 saturated carbocycles. The van der Waals surface area contributed by atoms with E-state index in [2.05, 4.69) is 10.3 Å². The zero-order valence-electron chi connectivity index (χ0n) is 10.4. The number of aryl methyl sites for hydroxylation is 1. The Labute approximate surface area is 113 Å². The van der Waals surface area contributed by atoms with Gasteiger partial charge in [-0.1, -0.05) is 12.1 Å². The number of benzene rings is 1. The summed E-state index contributed by atoms with van der Waals surface area (Å²) in [5.41, 5.74) is 0.640. The van der Waals surface area contributed by atoms with Gasteiger partial charge < -0.3 is 0 Å².